The lowest BCUT2D eigenvalue weighted by Crippen LogP contribution is -2.20. The Balaban J connectivity index is 2.18. The van der Waals surface area contributed by atoms with E-state index < -0.39 is 0 Å². The average Bonchev–Trinajstić information content (AvgIpc) is 2.03. The highest BCUT2D eigenvalue weighted by atomic mass is 32.2. The fourth-order valence-electron chi connectivity index (χ4n) is 1.13. The van der Waals surface area contributed by atoms with E-state index in [-0.39, 0.29) is 0 Å². The lowest BCUT2D eigenvalue weighted by atomic mass is 10.1. The first-order valence-corrected chi connectivity index (χ1v) is 5.20. The second-order valence-electron chi connectivity index (χ2n) is 2.56. The first kappa shape index (κ1) is 8.15. The molecule has 0 aromatic rings. The first-order valence-electron chi connectivity index (χ1n) is 3.81. The summed E-state index contributed by atoms with van der Waals surface area (Å²) < 4.78 is 0. The number of hydrogen-bond donors (Lipinski definition) is 1. The van der Waals surface area contributed by atoms with Gasteiger partial charge in [-0.15, -0.1) is 0 Å². The summed E-state index contributed by atoms with van der Waals surface area (Å²) in [5.74, 6) is 1.28. The lowest BCUT2D eigenvalue weighted by Gasteiger charge is -2.12. The zero-order valence-corrected chi connectivity index (χ0v) is 7.34. The molecule has 0 aromatic carbocycles. The highest BCUT2D eigenvalue weighted by Gasteiger charge is 2.00. The maximum Gasteiger partial charge on any atom is 0.0137 e. The molecule has 0 radical (unpaired) electrons. The summed E-state index contributed by atoms with van der Waals surface area (Å²) in [5.41, 5.74) is 1.65. The Morgan fingerprint density at radius 3 is 3.20 bits per heavy atom. The average molecular weight is 157 g/mol. The summed E-state index contributed by atoms with van der Waals surface area (Å²) in [6.07, 6.45) is 7.06. The van der Waals surface area contributed by atoms with Crippen LogP contribution in [0.1, 0.15) is 12.8 Å². The molecular weight excluding hydrogens is 142 g/mol. The van der Waals surface area contributed by atoms with Gasteiger partial charge in [0.05, 0.1) is 0 Å². The molecule has 1 N–H and O–H groups in total. The van der Waals surface area contributed by atoms with Crippen LogP contribution in [-0.2, 0) is 0 Å². The third kappa shape index (κ3) is 2.76. The summed E-state index contributed by atoms with van der Waals surface area (Å²) in [4.78, 5) is 0. The Morgan fingerprint density at radius 1 is 1.70 bits per heavy atom. The normalized spacial score (nSPS) is 18.7. The van der Waals surface area contributed by atoms with Gasteiger partial charge in [-0.3, -0.25) is 0 Å². The van der Waals surface area contributed by atoms with Gasteiger partial charge in [-0.2, -0.15) is 11.8 Å². The minimum absolute atomic E-state index is 1.09. The molecule has 1 aliphatic heterocycles. The van der Waals surface area contributed by atoms with Crippen molar-refractivity contribution in [3.05, 3.63) is 11.6 Å². The Bertz CT molecular complexity index is 120. The van der Waals surface area contributed by atoms with E-state index in [1.165, 1.54) is 25.1 Å². The van der Waals surface area contributed by atoms with Crippen molar-refractivity contribution < 1.29 is 0 Å². The standard InChI is InChI=1S/C8H15NS/c1-10-7-4-8-2-5-9-6-3-8/h2,9H,3-7H2,1H3. The van der Waals surface area contributed by atoms with E-state index in [0.29, 0.717) is 0 Å². The Labute approximate surface area is 67.3 Å². The largest absolute Gasteiger partial charge is 0.313 e. The summed E-state index contributed by atoms with van der Waals surface area (Å²) in [6.45, 7) is 2.27. The Morgan fingerprint density at radius 2 is 2.60 bits per heavy atom. The van der Waals surface area contributed by atoms with Crippen molar-refractivity contribution in [1.29, 1.82) is 0 Å². The van der Waals surface area contributed by atoms with Crippen LogP contribution in [0.25, 0.3) is 0 Å². The van der Waals surface area contributed by atoms with Crippen LogP contribution in [0.5, 0.6) is 0 Å². The van der Waals surface area contributed by atoms with Gasteiger partial charge in [-0.05, 0) is 31.4 Å². The molecule has 0 saturated carbocycles. The van der Waals surface area contributed by atoms with Gasteiger partial charge < -0.3 is 5.32 Å². The molecule has 10 heavy (non-hydrogen) atoms. The maximum absolute atomic E-state index is 3.31. The minimum atomic E-state index is 1.09. The molecule has 0 spiro atoms. The van der Waals surface area contributed by atoms with Crippen LogP contribution >= 0.6 is 11.8 Å². The van der Waals surface area contributed by atoms with Gasteiger partial charge in [0.25, 0.3) is 0 Å². The molecule has 0 amide bonds. The molecule has 0 aliphatic carbocycles. The molecule has 0 unspecified atom stereocenters. The van der Waals surface area contributed by atoms with Gasteiger partial charge in [0.15, 0.2) is 0 Å². The van der Waals surface area contributed by atoms with Crippen LogP contribution in [-0.4, -0.2) is 25.1 Å². The first-order chi connectivity index (χ1) is 4.93. The molecule has 0 bridgehead atoms. The van der Waals surface area contributed by atoms with Gasteiger partial charge in [-0.25, -0.2) is 0 Å². The molecule has 1 rings (SSSR count). The lowest BCUT2D eigenvalue weighted by molar-refractivity contribution is 0.689. The van der Waals surface area contributed by atoms with E-state index in [4.69, 9.17) is 0 Å². The number of hydrogen-bond acceptors (Lipinski definition) is 2. The minimum Gasteiger partial charge on any atom is -0.313 e. The molecule has 58 valence electrons. The van der Waals surface area contributed by atoms with Crippen molar-refractivity contribution in [2.45, 2.75) is 12.8 Å². The monoisotopic (exact) mass is 157 g/mol. The van der Waals surface area contributed by atoms with Gasteiger partial charge >= 0.3 is 0 Å². The molecule has 0 fully saturated rings. The van der Waals surface area contributed by atoms with Crippen molar-refractivity contribution in [2.24, 2.45) is 0 Å². The van der Waals surface area contributed by atoms with Gasteiger partial charge in [0.1, 0.15) is 0 Å². The zero-order valence-electron chi connectivity index (χ0n) is 6.52. The molecular formula is C8H15NS. The second-order valence-corrected chi connectivity index (χ2v) is 3.54. The van der Waals surface area contributed by atoms with Gasteiger partial charge in [0, 0.05) is 6.54 Å². The quantitative estimate of drug-likeness (QED) is 0.625. The fourth-order valence-corrected chi connectivity index (χ4v) is 1.60. The van der Waals surface area contributed by atoms with Crippen molar-refractivity contribution in [3.63, 3.8) is 0 Å². The van der Waals surface area contributed by atoms with E-state index in [1.54, 1.807) is 5.57 Å². The predicted molar refractivity (Wildman–Crippen MR) is 48.6 cm³/mol. The van der Waals surface area contributed by atoms with Crippen LogP contribution in [0.15, 0.2) is 11.6 Å². The summed E-state index contributed by atoms with van der Waals surface area (Å²) >= 11 is 1.93. The molecule has 2 heteroatoms. The molecule has 1 nitrogen and oxygen atoms in total. The van der Waals surface area contributed by atoms with Crippen molar-refractivity contribution in [3.8, 4) is 0 Å². The zero-order chi connectivity index (χ0) is 7.23. The van der Waals surface area contributed by atoms with Crippen molar-refractivity contribution >= 4 is 11.8 Å². The van der Waals surface area contributed by atoms with Crippen LogP contribution in [0.4, 0.5) is 0 Å². The van der Waals surface area contributed by atoms with Crippen LogP contribution in [0.2, 0.25) is 0 Å². The summed E-state index contributed by atoms with van der Waals surface area (Å²) in [7, 11) is 0. The van der Waals surface area contributed by atoms with Crippen molar-refractivity contribution in [1.82, 2.24) is 5.32 Å². The summed E-state index contributed by atoms with van der Waals surface area (Å²) in [5, 5.41) is 3.31. The molecule has 1 heterocycles. The Hall–Kier alpha value is 0.0500. The third-order valence-corrected chi connectivity index (χ3v) is 2.40. The van der Waals surface area contributed by atoms with Crippen LogP contribution in [0, 0.1) is 0 Å². The topological polar surface area (TPSA) is 12.0 Å². The third-order valence-electron chi connectivity index (χ3n) is 1.79. The van der Waals surface area contributed by atoms with E-state index >= 15 is 0 Å². The number of rotatable bonds is 3. The SMILES string of the molecule is CSCCC1=CCNCC1. The summed E-state index contributed by atoms with van der Waals surface area (Å²) in [6, 6.07) is 0. The van der Waals surface area contributed by atoms with E-state index in [2.05, 4.69) is 17.6 Å². The molecule has 0 aromatic heterocycles. The van der Waals surface area contributed by atoms with Gasteiger partial charge in [0.2, 0.25) is 0 Å². The Kier molecular flexibility index (Phi) is 3.91. The molecule has 0 saturated heterocycles. The molecule has 0 atom stereocenters. The smallest absolute Gasteiger partial charge is 0.0137 e. The maximum atomic E-state index is 3.31. The van der Waals surface area contributed by atoms with Crippen molar-refractivity contribution in [2.75, 3.05) is 25.1 Å². The highest BCUT2D eigenvalue weighted by molar-refractivity contribution is 7.98. The van der Waals surface area contributed by atoms with E-state index in [1.807, 2.05) is 11.8 Å². The van der Waals surface area contributed by atoms with E-state index in [9.17, 15) is 0 Å². The number of thioether (sulfide) groups is 1. The van der Waals surface area contributed by atoms with Gasteiger partial charge in [-0.1, -0.05) is 11.6 Å². The molecule has 1 aliphatic rings. The highest BCUT2D eigenvalue weighted by Crippen LogP contribution is 2.11. The van der Waals surface area contributed by atoms with Crippen LogP contribution in [0.3, 0.4) is 0 Å². The van der Waals surface area contributed by atoms with E-state index in [0.717, 1.165) is 6.54 Å². The fraction of sp³-hybridized carbons (Fsp3) is 0.750. The van der Waals surface area contributed by atoms with Crippen LogP contribution < -0.4 is 5.32 Å². The second kappa shape index (κ2) is 4.80. The number of nitrogens with one attached hydrogen (secondary N) is 1. The predicted octanol–water partition coefficient (Wildman–Crippen LogP) is 1.66.